The Morgan fingerprint density at radius 3 is 2.80 bits per heavy atom. The van der Waals surface area contributed by atoms with Crippen LogP contribution in [0.2, 0.25) is 0 Å². The van der Waals surface area contributed by atoms with Crippen LogP contribution in [-0.4, -0.2) is 17.2 Å². The number of ether oxygens (including phenoxy) is 1. The highest BCUT2D eigenvalue weighted by Gasteiger charge is 2.11. The summed E-state index contributed by atoms with van der Waals surface area (Å²) in [5.41, 5.74) is 3.23. The van der Waals surface area contributed by atoms with Crippen molar-refractivity contribution in [3.05, 3.63) is 53.3 Å². The summed E-state index contributed by atoms with van der Waals surface area (Å²) in [6.45, 7) is 4.80. The molecule has 106 valence electrons. The molecule has 2 rings (SSSR count). The van der Waals surface area contributed by atoms with E-state index in [1.807, 2.05) is 38.2 Å². The predicted octanol–water partition coefficient (Wildman–Crippen LogP) is 2.96. The van der Waals surface area contributed by atoms with E-state index in [2.05, 4.69) is 10.3 Å². The van der Waals surface area contributed by atoms with Crippen molar-refractivity contribution in [2.75, 3.05) is 7.11 Å². The van der Waals surface area contributed by atoms with Crippen LogP contribution >= 0.6 is 0 Å². The standard InChI is InChI=1S/C16H20N2O2/c1-11-9-17-7-6-13(11)10-18-12(2)15-5-4-14(20-3)8-16(15)19/h4-9,12,18-19H,10H2,1-3H3. The third kappa shape index (κ3) is 3.27. The number of nitrogens with zero attached hydrogens (tertiary/aromatic N) is 1. The Morgan fingerprint density at radius 2 is 2.15 bits per heavy atom. The fraction of sp³-hybridized carbons (Fsp3) is 0.312. The van der Waals surface area contributed by atoms with Gasteiger partial charge < -0.3 is 15.2 Å². The van der Waals surface area contributed by atoms with Gasteiger partial charge in [-0.1, -0.05) is 6.07 Å². The SMILES string of the molecule is COc1ccc(C(C)NCc2ccncc2C)c(O)c1. The highest BCUT2D eigenvalue weighted by Crippen LogP contribution is 2.28. The number of aromatic hydroxyl groups is 1. The van der Waals surface area contributed by atoms with Gasteiger partial charge in [-0.05, 0) is 37.1 Å². The molecule has 4 heteroatoms. The summed E-state index contributed by atoms with van der Waals surface area (Å²) < 4.78 is 5.09. The molecule has 4 nitrogen and oxygen atoms in total. The maximum Gasteiger partial charge on any atom is 0.124 e. The average molecular weight is 272 g/mol. The molecule has 0 bridgehead atoms. The second-order valence-corrected chi connectivity index (χ2v) is 4.83. The maximum absolute atomic E-state index is 10.0. The highest BCUT2D eigenvalue weighted by molar-refractivity contribution is 5.41. The third-order valence-electron chi connectivity index (χ3n) is 3.44. The van der Waals surface area contributed by atoms with Crippen molar-refractivity contribution in [2.45, 2.75) is 26.4 Å². The van der Waals surface area contributed by atoms with Crippen molar-refractivity contribution < 1.29 is 9.84 Å². The number of hydrogen-bond acceptors (Lipinski definition) is 4. The van der Waals surface area contributed by atoms with Gasteiger partial charge in [0, 0.05) is 36.6 Å². The Hall–Kier alpha value is -2.07. The first-order chi connectivity index (χ1) is 9.61. The van der Waals surface area contributed by atoms with E-state index in [1.165, 1.54) is 5.56 Å². The van der Waals surface area contributed by atoms with Gasteiger partial charge in [0.1, 0.15) is 11.5 Å². The first kappa shape index (κ1) is 14.3. The van der Waals surface area contributed by atoms with Crippen LogP contribution in [0.25, 0.3) is 0 Å². The van der Waals surface area contributed by atoms with Crippen LogP contribution in [0.5, 0.6) is 11.5 Å². The van der Waals surface area contributed by atoms with Gasteiger partial charge in [0.25, 0.3) is 0 Å². The maximum atomic E-state index is 10.0. The second kappa shape index (κ2) is 6.39. The molecule has 0 saturated carbocycles. The highest BCUT2D eigenvalue weighted by atomic mass is 16.5. The van der Waals surface area contributed by atoms with E-state index in [1.54, 1.807) is 19.4 Å². The van der Waals surface area contributed by atoms with Gasteiger partial charge in [-0.25, -0.2) is 0 Å². The summed E-state index contributed by atoms with van der Waals surface area (Å²) in [5.74, 6) is 0.902. The lowest BCUT2D eigenvalue weighted by Crippen LogP contribution is -2.18. The fourth-order valence-corrected chi connectivity index (χ4v) is 2.09. The normalized spacial score (nSPS) is 12.2. The van der Waals surface area contributed by atoms with Crippen LogP contribution in [-0.2, 0) is 6.54 Å². The molecule has 0 spiro atoms. The quantitative estimate of drug-likeness (QED) is 0.878. The van der Waals surface area contributed by atoms with E-state index < -0.39 is 0 Å². The zero-order chi connectivity index (χ0) is 14.5. The summed E-state index contributed by atoms with van der Waals surface area (Å²) in [6.07, 6.45) is 3.64. The molecule has 0 fully saturated rings. The van der Waals surface area contributed by atoms with Gasteiger partial charge in [0.15, 0.2) is 0 Å². The Morgan fingerprint density at radius 1 is 1.35 bits per heavy atom. The molecule has 1 atom stereocenters. The first-order valence-electron chi connectivity index (χ1n) is 6.61. The molecule has 0 amide bonds. The van der Waals surface area contributed by atoms with Crippen molar-refractivity contribution in [1.82, 2.24) is 10.3 Å². The van der Waals surface area contributed by atoms with E-state index in [9.17, 15) is 5.11 Å². The van der Waals surface area contributed by atoms with Crippen LogP contribution in [0.4, 0.5) is 0 Å². The summed E-state index contributed by atoms with van der Waals surface area (Å²) >= 11 is 0. The third-order valence-corrected chi connectivity index (χ3v) is 3.44. The van der Waals surface area contributed by atoms with Crippen molar-refractivity contribution in [3.63, 3.8) is 0 Å². The second-order valence-electron chi connectivity index (χ2n) is 4.83. The molecular weight excluding hydrogens is 252 g/mol. The molecule has 2 aromatic rings. The van der Waals surface area contributed by atoms with E-state index in [0.717, 1.165) is 17.7 Å². The molecule has 0 radical (unpaired) electrons. The lowest BCUT2D eigenvalue weighted by Gasteiger charge is -2.17. The number of pyridine rings is 1. The van der Waals surface area contributed by atoms with Crippen molar-refractivity contribution in [3.8, 4) is 11.5 Å². The van der Waals surface area contributed by atoms with Crippen molar-refractivity contribution in [1.29, 1.82) is 0 Å². The topological polar surface area (TPSA) is 54.4 Å². The van der Waals surface area contributed by atoms with E-state index >= 15 is 0 Å². The zero-order valence-corrected chi connectivity index (χ0v) is 12.1. The number of phenols is 1. The van der Waals surface area contributed by atoms with Crippen LogP contribution in [0.3, 0.4) is 0 Å². The Bertz CT molecular complexity index is 584. The molecule has 1 unspecified atom stereocenters. The number of phenolic OH excluding ortho intramolecular Hbond substituents is 1. The number of aryl methyl sites for hydroxylation is 1. The number of benzene rings is 1. The van der Waals surface area contributed by atoms with Gasteiger partial charge in [-0.15, -0.1) is 0 Å². The van der Waals surface area contributed by atoms with E-state index in [4.69, 9.17) is 4.74 Å². The first-order valence-corrected chi connectivity index (χ1v) is 6.61. The predicted molar refractivity (Wildman–Crippen MR) is 78.9 cm³/mol. The van der Waals surface area contributed by atoms with Crippen LogP contribution in [0.15, 0.2) is 36.7 Å². The van der Waals surface area contributed by atoms with E-state index in [0.29, 0.717) is 5.75 Å². The average Bonchev–Trinajstić information content (AvgIpc) is 2.46. The number of rotatable bonds is 5. The summed E-state index contributed by atoms with van der Waals surface area (Å²) in [7, 11) is 1.59. The molecular formula is C16H20N2O2. The molecule has 1 aromatic heterocycles. The van der Waals surface area contributed by atoms with Crippen molar-refractivity contribution >= 4 is 0 Å². The smallest absolute Gasteiger partial charge is 0.124 e. The van der Waals surface area contributed by atoms with Gasteiger partial charge in [0.2, 0.25) is 0 Å². The van der Waals surface area contributed by atoms with Crippen LogP contribution < -0.4 is 10.1 Å². The Kier molecular flexibility index (Phi) is 4.58. The summed E-state index contributed by atoms with van der Waals surface area (Å²) in [5, 5.41) is 13.4. The van der Waals surface area contributed by atoms with E-state index in [-0.39, 0.29) is 11.8 Å². The number of hydrogen-bond donors (Lipinski definition) is 2. The molecule has 2 N–H and O–H groups in total. The monoisotopic (exact) mass is 272 g/mol. The molecule has 1 aromatic carbocycles. The number of aromatic nitrogens is 1. The molecule has 20 heavy (non-hydrogen) atoms. The lowest BCUT2D eigenvalue weighted by atomic mass is 10.1. The molecule has 0 aliphatic rings. The Balaban J connectivity index is 2.05. The minimum Gasteiger partial charge on any atom is -0.507 e. The molecule has 1 heterocycles. The van der Waals surface area contributed by atoms with Gasteiger partial charge in [0.05, 0.1) is 7.11 Å². The number of nitrogens with one attached hydrogen (secondary N) is 1. The summed E-state index contributed by atoms with van der Waals surface area (Å²) in [6, 6.07) is 7.41. The van der Waals surface area contributed by atoms with Crippen molar-refractivity contribution in [2.24, 2.45) is 0 Å². The van der Waals surface area contributed by atoms with Crippen LogP contribution in [0.1, 0.15) is 29.7 Å². The number of methoxy groups -OCH3 is 1. The van der Waals surface area contributed by atoms with Gasteiger partial charge in [-0.2, -0.15) is 0 Å². The van der Waals surface area contributed by atoms with Crippen LogP contribution in [0, 0.1) is 6.92 Å². The molecule has 0 aliphatic carbocycles. The fourth-order valence-electron chi connectivity index (χ4n) is 2.09. The zero-order valence-electron chi connectivity index (χ0n) is 12.1. The summed E-state index contributed by atoms with van der Waals surface area (Å²) in [4.78, 5) is 4.08. The molecule has 0 saturated heterocycles. The largest absolute Gasteiger partial charge is 0.507 e. The lowest BCUT2D eigenvalue weighted by molar-refractivity contribution is 0.404. The Labute approximate surface area is 119 Å². The minimum atomic E-state index is 0.0495. The minimum absolute atomic E-state index is 0.0495. The van der Waals surface area contributed by atoms with Gasteiger partial charge >= 0.3 is 0 Å². The molecule has 0 aliphatic heterocycles. The van der Waals surface area contributed by atoms with Gasteiger partial charge in [-0.3, -0.25) is 4.98 Å².